The first kappa shape index (κ1) is 12.1. The van der Waals surface area contributed by atoms with Crippen LogP contribution in [0, 0.1) is 0 Å². The van der Waals surface area contributed by atoms with E-state index in [0.717, 1.165) is 25.2 Å². The maximum absolute atomic E-state index is 10.7. The lowest BCUT2D eigenvalue weighted by atomic mass is 10.2. The summed E-state index contributed by atoms with van der Waals surface area (Å²) in [5.41, 5.74) is 1.10. The lowest BCUT2D eigenvalue weighted by Gasteiger charge is -2.32. The molecular weight excluding hydrogens is 242 g/mol. The number of piperazine rings is 1. The summed E-state index contributed by atoms with van der Waals surface area (Å²) >= 11 is 5.71. The molecule has 2 heterocycles. The van der Waals surface area contributed by atoms with Gasteiger partial charge in [0, 0.05) is 38.9 Å². The zero-order chi connectivity index (χ0) is 12.3. The summed E-state index contributed by atoms with van der Waals surface area (Å²) < 4.78 is 0. The van der Waals surface area contributed by atoms with Crippen LogP contribution < -0.4 is 0 Å². The molecule has 92 valence electrons. The third-order valence-electron chi connectivity index (χ3n) is 2.84. The maximum Gasteiger partial charge on any atom is 0.407 e. The molecule has 1 aromatic rings. The Morgan fingerprint density at radius 1 is 1.35 bits per heavy atom. The van der Waals surface area contributed by atoms with Crippen LogP contribution in [0.1, 0.15) is 5.56 Å². The van der Waals surface area contributed by atoms with Gasteiger partial charge in [-0.3, -0.25) is 4.90 Å². The Labute approximate surface area is 105 Å². The molecule has 0 aromatic carbocycles. The van der Waals surface area contributed by atoms with Crippen LogP contribution in [0.2, 0.25) is 5.15 Å². The molecule has 0 aliphatic carbocycles. The number of carboxylic acid groups (broad SMARTS) is 1. The summed E-state index contributed by atoms with van der Waals surface area (Å²) in [6.45, 7) is 3.44. The molecule has 0 saturated carbocycles. The van der Waals surface area contributed by atoms with Crippen molar-refractivity contribution in [2.75, 3.05) is 26.2 Å². The Bertz CT molecular complexity index is 388. The van der Waals surface area contributed by atoms with Gasteiger partial charge >= 0.3 is 6.09 Å². The van der Waals surface area contributed by atoms with Crippen molar-refractivity contribution in [2.24, 2.45) is 0 Å². The second kappa shape index (κ2) is 5.33. The minimum absolute atomic E-state index is 0.490. The van der Waals surface area contributed by atoms with E-state index in [1.165, 1.54) is 4.90 Å². The third-order valence-corrected chi connectivity index (χ3v) is 3.06. The number of nitrogens with zero attached hydrogens (tertiary/aromatic N) is 3. The highest BCUT2D eigenvalue weighted by Gasteiger charge is 2.20. The van der Waals surface area contributed by atoms with Crippen LogP contribution in [0.15, 0.2) is 18.3 Å². The van der Waals surface area contributed by atoms with E-state index >= 15 is 0 Å². The lowest BCUT2D eigenvalue weighted by molar-refractivity contribution is 0.103. The summed E-state index contributed by atoms with van der Waals surface area (Å²) in [6.07, 6.45) is 0.920. The third kappa shape index (κ3) is 3.31. The largest absolute Gasteiger partial charge is 0.465 e. The highest BCUT2D eigenvalue weighted by Crippen LogP contribution is 2.10. The molecule has 0 unspecified atom stereocenters. The Hall–Kier alpha value is -1.33. The van der Waals surface area contributed by atoms with Crippen molar-refractivity contribution in [3.63, 3.8) is 0 Å². The SMILES string of the molecule is O=C(O)N1CCN(Cc2ccc(Cl)nc2)CC1. The molecule has 1 amide bonds. The van der Waals surface area contributed by atoms with Gasteiger partial charge in [0.25, 0.3) is 0 Å². The number of halogens is 1. The molecule has 6 heteroatoms. The zero-order valence-electron chi connectivity index (χ0n) is 9.34. The number of hydrogen-bond acceptors (Lipinski definition) is 3. The van der Waals surface area contributed by atoms with Gasteiger partial charge in [0.15, 0.2) is 0 Å². The van der Waals surface area contributed by atoms with Crippen molar-refractivity contribution in [1.29, 1.82) is 0 Å². The Kier molecular flexibility index (Phi) is 3.81. The predicted octanol–water partition coefficient (Wildman–Crippen LogP) is 1.53. The number of aromatic nitrogens is 1. The summed E-state index contributed by atoms with van der Waals surface area (Å²) in [5.74, 6) is 0. The molecule has 17 heavy (non-hydrogen) atoms. The summed E-state index contributed by atoms with van der Waals surface area (Å²) in [4.78, 5) is 18.4. The Balaban J connectivity index is 1.85. The van der Waals surface area contributed by atoms with Crippen molar-refractivity contribution in [1.82, 2.24) is 14.8 Å². The molecule has 1 aromatic heterocycles. The van der Waals surface area contributed by atoms with Crippen LogP contribution in [0.4, 0.5) is 4.79 Å². The van der Waals surface area contributed by atoms with Gasteiger partial charge in [-0.15, -0.1) is 0 Å². The fourth-order valence-corrected chi connectivity index (χ4v) is 1.97. The standard InChI is InChI=1S/C11H14ClN3O2/c12-10-2-1-9(7-13-10)8-14-3-5-15(6-4-14)11(16)17/h1-2,7H,3-6,8H2,(H,16,17). The van der Waals surface area contributed by atoms with Crippen LogP contribution >= 0.6 is 11.6 Å². The summed E-state index contributed by atoms with van der Waals surface area (Å²) in [7, 11) is 0. The number of pyridine rings is 1. The molecule has 2 rings (SSSR count). The maximum atomic E-state index is 10.7. The quantitative estimate of drug-likeness (QED) is 0.815. The topological polar surface area (TPSA) is 56.7 Å². The van der Waals surface area contributed by atoms with E-state index in [-0.39, 0.29) is 0 Å². The molecule has 1 aliphatic heterocycles. The Morgan fingerprint density at radius 2 is 2.06 bits per heavy atom. The van der Waals surface area contributed by atoms with Crippen molar-refractivity contribution < 1.29 is 9.90 Å². The fourth-order valence-electron chi connectivity index (χ4n) is 1.86. The number of rotatable bonds is 2. The van der Waals surface area contributed by atoms with Gasteiger partial charge in [-0.25, -0.2) is 9.78 Å². The first-order valence-corrected chi connectivity index (χ1v) is 5.83. The van der Waals surface area contributed by atoms with Crippen molar-refractivity contribution in [3.05, 3.63) is 29.0 Å². The molecule has 0 radical (unpaired) electrons. The minimum Gasteiger partial charge on any atom is -0.465 e. The van der Waals surface area contributed by atoms with Gasteiger partial charge in [-0.2, -0.15) is 0 Å². The average molecular weight is 256 g/mol. The Morgan fingerprint density at radius 3 is 2.59 bits per heavy atom. The average Bonchev–Trinajstić information content (AvgIpc) is 2.33. The molecule has 1 saturated heterocycles. The predicted molar refractivity (Wildman–Crippen MR) is 64.1 cm³/mol. The number of hydrogen-bond donors (Lipinski definition) is 1. The van der Waals surface area contributed by atoms with Gasteiger partial charge in [0.2, 0.25) is 0 Å². The van der Waals surface area contributed by atoms with E-state index in [0.29, 0.717) is 18.2 Å². The van der Waals surface area contributed by atoms with Crippen LogP contribution in [0.5, 0.6) is 0 Å². The van der Waals surface area contributed by atoms with Gasteiger partial charge in [0.1, 0.15) is 5.15 Å². The van der Waals surface area contributed by atoms with E-state index in [1.807, 2.05) is 6.07 Å². The second-order valence-corrected chi connectivity index (χ2v) is 4.42. The van der Waals surface area contributed by atoms with E-state index in [1.54, 1.807) is 12.3 Å². The molecule has 0 atom stereocenters. The molecule has 1 aliphatic rings. The van der Waals surface area contributed by atoms with Crippen LogP contribution in [0.25, 0.3) is 0 Å². The monoisotopic (exact) mass is 255 g/mol. The van der Waals surface area contributed by atoms with Gasteiger partial charge in [-0.05, 0) is 11.6 Å². The summed E-state index contributed by atoms with van der Waals surface area (Å²) in [5, 5.41) is 9.32. The van der Waals surface area contributed by atoms with E-state index in [4.69, 9.17) is 16.7 Å². The first-order chi connectivity index (χ1) is 8.15. The highest BCUT2D eigenvalue weighted by molar-refractivity contribution is 6.29. The second-order valence-electron chi connectivity index (χ2n) is 4.03. The van der Waals surface area contributed by atoms with Crippen LogP contribution in [0.3, 0.4) is 0 Å². The molecular formula is C11H14ClN3O2. The smallest absolute Gasteiger partial charge is 0.407 e. The van der Waals surface area contributed by atoms with Crippen LogP contribution in [-0.2, 0) is 6.54 Å². The van der Waals surface area contributed by atoms with E-state index in [9.17, 15) is 4.79 Å². The van der Waals surface area contributed by atoms with Gasteiger partial charge in [-0.1, -0.05) is 17.7 Å². The highest BCUT2D eigenvalue weighted by atomic mass is 35.5. The van der Waals surface area contributed by atoms with E-state index < -0.39 is 6.09 Å². The molecule has 0 bridgehead atoms. The molecule has 5 nitrogen and oxygen atoms in total. The number of amides is 1. The molecule has 0 spiro atoms. The summed E-state index contributed by atoms with van der Waals surface area (Å²) in [6, 6.07) is 3.71. The minimum atomic E-state index is -0.835. The van der Waals surface area contributed by atoms with E-state index in [2.05, 4.69) is 9.88 Å². The van der Waals surface area contributed by atoms with Gasteiger partial charge in [0.05, 0.1) is 0 Å². The molecule has 1 fully saturated rings. The van der Waals surface area contributed by atoms with Crippen molar-refractivity contribution in [2.45, 2.75) is 6.54 Å². The van der Waals surface area contributed by atoms with Crippen LogP contribution in [-0.4, -0.2) is 52.2 Å². The zero-order valence-corrected chi connectivity index (χ0v) is 10.1. The van der Waals surface area contributed by atoms with Crippen molar-refractivity contribution >= 4 is 17.7 Å². The first-order valence-electron chi connectivity index (χ1n) is 5.46. The van der Waals surface area contributed by atoms with Crippen molar-refractivity contribution in [3.8, 4) is 0 Å². The number of carbonyl (C=O) groups is 1. The molecule has 1 N–H and O–H groups in total. The lowest BCUT2D eigenvalue weighted by Crippen LogP contribution is -2.47. The normalized spacial score (nSPS) is 17.1. The fraction of sp³-hybridized carbons (Fsp3) is 0.455. The van der Waals surface area contributed by atoms with Gasteiger partial charge < -0.3 is 10.0 Å².